The number of thiophene rings is 1. The number of anilines is 1. The molecule has 0 aliphatic carbocycles. The number of hydrogen-bond acceptors (Lipinski definition) is 4. The molecule has 19 heavy (non-hydrogen) atoms. The van der Waals surface area contributed by atoms with Crippen LogP contribution in [0.15, 0.2) is 35.7 Å². The largest absolute Gasteiger partial charge is 0.382 e. The Balaban J connectivity index is 2.15. The molecule has 2 N–H and O–H groups in total. The van der Waals surface area contributed by atoms with Gasteiger partial charge in [0.15, 0.2) is 5.82 Å². The second-order valence-corrected chi connectivity index (χ2v) is 5.53. The van der Waals surface area contributed by atoms with E-state index in [-0.39, 0.29) is 0 Å². The second-order valence-electron chi connectivity index (χ2n) is 4.14. The predicted molar refractivity (Wildman–Crippen MR) is 78.8 cm³/mol. The summed E-state index contributed by atoms with van der Waals surface area (Å²) in [4.78, 5) is 1.00. The smallest absolute Gasteiger partial charge is 0.156 e. The first kappa shape index (κ1) is 12.2. The van der Waals surface area contributed by atoms with E-state index in [9.17, 15) is 0 Å². The average Bonchev–Trinajstić information content (AvgIpc) is 3.01. The lowest BCUT2D eigenvalue weighted by Crippen LogP contribution is -2.04. The molecule has 6 heteroatoms. The van der Waals surface area contributed by atoms with E-state index in [0.717, 1.165) is 16.1 Å². The van der Waals surface area contributed by atoms with Gasteiger partial charge in [-0.2, -0.15) is 4.68 Å². The Hall–Kier alpha value is -1.85. The van der Waals surface area contributed by atoms with Crippen molar-refractivity contribution >= 4 is 28.8 Å². The number of nitrogen functional groups attached to an aromatic ring is 1. The molecule has 1 aromatic carbocycles. The highest BCUT2D eigenvalue weighted by atomic mass is 35.5. The molecule has 0 radical (unpaired) electrons. The van der Waals surface area contributed by atoms with Crippen LogP contribution in [0.2, 0.25) is 5.02 Å². The van der Waals surface area contributed by atoms with E-state index >= 15 is 0 Å². The maximum atomic E-state index is 6.15. The lowest BCUT2D eigenvalue weighted by Gasteiger charge is -2.07. The number of rotatable bonds is 2. The van der Waals surface area contributed by atoms with Crippen molar-refractivity contribution in [2.45, 2.75) is 6.92 Å². The van der Waals surface area contributed by atoms with Gasteiger partial charge in [0, 0.05) is 5.02 Å². The molecule has 0 atom stereocenters. The van der Waals surface area contributed by atoms with Gasteiger partial charge in [0.2, 0.25) is 0 Å². The summed E-state index contributed by atoms with van der Waals surface area (Å²) in [6, 6.07) is 9.54. The molecule has 3 aromatic rings. The van der Waals surface area contributed by atoms with Crippen LogP contribution in [0.1, 0.15) is 5.56 Å². The van der Waals surface area contributed by atoms with Gasteiger partial charge in [-0.1, -0.05) is 28.9 Å². The zero-order valence-corrected chi connectivity index (χ0v) is 11.7. The summed E-state index contributed by atoms with van der Waals surface area (Å²) in [5.74, 6) is 0.521. The van der Waals surface area contributed by atoms with Crippen molar-refractivity contribution < 1.29 is 0 Å². The highest BCUT2D eigenvalue weighted by Crippen LogP contribution is 2.30. The number of aryl methyl sites for hydroxylation is 1. The lowest BCUT2D eigenvalue weighted by molar-refractivity contribution is 0.806. The van der Waals surface area contributed by atoms with Gasteiger partial charge >= 0.3 is 0 Å². The minimum absolute atomic E-state index is 0.521. The molecule has 96 valence electrons. The molecule has 0 fully saturated rings. The third-order valence-corrected chi connectivity index (χ3v) is 3.97. The summed E-state index contributed by atoms with van der Waals surface area (Å²) in [6.07, 6.45) is 0. The molecular formula is C13H11ClN4S. The molecule has 0 aliphatic rings. The Kier molecular flexibility index (Phi) is 3.00. The first-order chi connectivity index (χ1) is 9.16. The van der Waals surface area contributed by atoms with Crippen LogP contribution in [0.4, 0.5) is 5.82 Å². The Morgan fingerprint density at radius 3 is 2.89 bits per heavy atom. The minimum atomic E-state index is 0.521. The Labute approximate surface area is 119 Å². The number of nitrogens with zero attached hydrogens (tertiary/aromatic N) is 3. The SMILES string of the molecule is Cc1ccc(Cl)cc1-n1nnc(-c2cccs2)c1N. The topological polar surface area (TPSA) is 56.7 Å². The van der Waals surface area contributed by atoms with Gasteiger partial charge in [-0.25, -0.2) is 0 Å². The molecular weight excluding hydrogens is 280 g/mol. The van der Waals surface area contributed by atoms with Crippen molar-refractivity contribution in [2.24, 2.45) is 0 Å². The molecule has 0 aliphatic heterocycles. The minimum Gasteiger partial charge on any atom is -0.382 e. The molecule has 2 heterocycles. The molecule has 0 amide bonds. The van der Waals surface area contributed by atoms with E-state index in [2.05, 4.69) is 10.3 Å². The summed E-state index contributed by atoms with van der Waals surface area (Å²) in [5, 5.41) is 10.9. The van der Waals surface area contributed by atoms with E-state index in [1.54, 1.807) is 16.0 Å². The van der Waals surface area contributed by atoms with E-state index in [1.807, 2.05) is 42.6 Å². The van der Waals surface area contributed by atoms with Crippen LogP contribution in [0.25, 0.3) is 16.3 Å². The molecule has 0 unspecified atom stereocenters. The zero-order chi connectivity index (χ0) is 13.4. The molecule has 3 rings (SSSR count). The molecule has 2 aromatic heterocycles. The summed E-state index contributed by atoms with van der Waals surface area (Å²) in [6.45, 7) is 1.98. The zero-order valence-electron chi connectivity index (χ0n) is 10.2. The van der Waals surface area contributed by atoms with E-state index < -0.39 is 0 Å². The van der Waals surface area contributed by atoms with Crippen LogP contribution >= 0.6 is 22.9 Å². The quantitative estimate of drug-likeness (QED) is 0.785. The van der Waals surface area contributed by atoms with Gasteiger partial charge in [0.1, 0.15) is 5.69 Å². The number of halogens is 1. The molecule has 0 bridgehead atoms. The van der Waals surface area contributed by atoms with Crippen LogP contribution in [0.3, 0.4) is 0 Å². The van der Waals surface area contributed by atoms with Gasteiger partial charge in [-0.15, -0.1) is 16.4 Å². The standard InChI is InChI=1S/C13H11ClN4S/c1-8-4-5-9(14)7-10(8)18-13(15)12(16-17-18)11-3-2-6-19-11/h2-7H,15H2,1H3. The summed E-state index contributed by atoms with van der Waals surface area (Å²) in [5.41, 5.74) is 8.74. The fraction of sp³-hybridized carbons (Fsp3) is 0.0769. The third-order valence-electron chi connectivity index (χ3n) is 2.86. The van der Waals surface area contributed by atoms with Crippen LogP contribution in [0.5, 0.6) is 0 Å². The fourth-order valence-electron chi connectivity index (χ4n) is 1.87. The van der Waals surface area contributed by atoms with Crippen molar-refractivity contribution in [2.75, 3.05) is 5.73 Å². The number of benzene rings is 1. The normalized spacial score (nSPS) is 10.8. The lowest BCUT2D eigenvalue weighted by atomic mass is 10.2. The first-order valence-electron chi connectivity index (χ1n) is 5.68. The van der Waals surface area contributed by atoms with E-state index in [4.69, 9.17) is 17.3 Å². The Morgan fingerprint density at radius 1 is 1.32 bits per heavy atom. The number of nitrogens with two attached hydrogens (primary N) is 1. The highest BCUT2D eigenvalue weighted by Gasteiger charge is 2.15. The first-order valence-corrected chi connectivity index (χ1v) is 6.94. The third kappa shape index (κ3) is 2.11. The van der Waals surface area contributed by atoms with Crippen molar-refractivity contribution in [3.05, 3.63) is 46.3 Å². The highest BCUT2D eigenvalue weighted by molar-refractivity contribution is 7.13. The summed E-state index contributed by atoms with van der Waals surface area (Å²) in [7, 11) is 0. The van der Waals surface area contributed by atoms with Crippen LogP contribution in [0, 0.1) is 6.92 Å². The Bertz CT molecular complexity index is 718. The maximum absolute atomic E-state index is 6.15. The fourth-order valence-corrected chi connectivity index (χ4v) is 2.75. The van der Waals surface area contributed by atoms with Gasteiger partial charge < -0.3 is 5.73 Å². The van der Waals surface area contributed by atoms with Crippen LogP contribution in [-0.2, 0) is 0 Å². The van der Waals surface area contributed by atoms with Gasteiger partial charge in [-0.05, 0) is 36.1 Å². The van der Waals surface area contributed by atoms with Gasteiger partial charge in [0.25, 0.3) is 0 Å². The molecule has 0 spiro atoms. The van der Waals surface area contributed by atoms with E-state index in [0.29, 0.717) is 16.5 Å². The Morgan fingerprint density at radius 2 is 2.16 bits per heavy atom. The van der Waals surface area contributed by atoms with Gasteiger partial charge in [-0.3, -0.25) is 0 Å². The summed E-state index contributed by atoms with van der Waals surface area (Å²) >= 11 is 7.61. The average molecular weight is 291 g/mol. The van der Waals surface area contributed by atoms with E-state index in [1.165, 1.54) is 0 Å². The number of hydrogen-bond donors (Lipinski definition) is 1. The summed E-state index contributed by atoms with van der Waals surface area (Å²) < 4.78 is 1.62. The van der Waals surface area contributed by atoms with Crippen molar-refractivity contribution in [1.29, 1.82) is 0 Å². The van der Waals surface area contributed by atoms with Crippen LogP contribution in [-0.4, -0.2) is 15.0 Å². The molecule has 0 saturated carbocycles. The second kappa shape index (κ2) is 4.68. The van der Waals surface area contributed by atoms with Crippen molar-refractivity contribution in [3.63, 3.8) is 0 Å². The molecule has 0 saturated heterocycles. The van der Waals surface area contributed by atoms with Crippen LogP contribution < -0.4 is 5.73 Å². The molecule has 4 nitrogen and oxygen atoms in total. The monoisotopic (exact) mass is 290 g/mol. The number of aromatic nitrogens is 3. The van der Waals surface area contributed by atoms with Gasteiger partial charge in [0.05, 0.1) is 10.6 Å². The maximum Gasteiger partial charge on any atom is 0.156 e. The van der Waals surface area contributed by atoms with Crippen molar-refractivity contribution in [3.8, 4) is 16.3 Å². The predicted octanol–water partition coefficient (Wildman–Crippen LogP) is 3.54. The van der Waals surface area contributed by atoms with Crippen molar-refractivity contribution in [1.82, 2.24) is 15.0 Å².